The fourth-order valence-corrected chi connectivity index (χ4v) is 2.09. The van der Waals surface area contributed by atoms with Crippen LogP contribution in [-0.2, 0) is 0 Å². The fourth-order valence-electron chi connectivity index (χ4n) is 2.09. The van der Waals surface area contributed by atoms with Crippen LogP contribution >= 0.6 is 0 Å². The zero-order valence-electron chi connectivity index (χ0n) is 7.74. The van der Waals surface area contributed by atoms with Crippen LogP contribution in [0.5, 0.6) is 0 Å². The summed E-state index contributed by atoms with van der Waals surface area (Å²) in [6.07, 6.45) is 5.37. The van der Waals surface area contributed by atoms with Crippen molar-refractivity contribution in [1.82, 2.24) is 0 Å². The van der Waals surface area contributed by atoms with Crippen molar-refractivity contribution in [1.29, 1.82) is 10.5 Å². The monoisotopic (exact) mass is 174 g/mol. The molecule has 1 rings (SSSR count). The van der Waals surface area contributed by atoms with Gasteiger partial charge in [0.1, 0.15) is 0 Å². The van der Waals surface area contributed by atoms with Gasteiger partial charge in [-0.3, -0.25) is 0 Å². The molecule has 0 heterocycles. The first kappa shape index (κ1) is 10.1. The molecule has 0 aliphatic heterocycles. The normalized spacial score (nSPS) is 32.4. The number of hydrogen-bond acceptors (Lipinski definition) is 2. The smallest absolute Gasteiger partial charge is 0.0661 e. The van der Waals surface area contributed by atoms with Crippen molar-refractivity contribution >= 4 is 0 Å². The highest BCUT2D eigenvalue weighted by molar-refractivity contribution is 5.06. The third kappa shape index (κ3) is 2.22. The van der Waals surface area contributed by atoms with Crippen molar-refractivity contribution < 1.29 is 0 Å². The molecular formula is C11H14N2. The Bertz CT molecular complexity index is 233. The molecule has 3 atom stereocenters. The zero-order valence-corrected chi connectivity index (χ0v) is 7.74. The summed E-state index contributed by atoms with van der Waals surface area (Å²) in [5.74, 6) is 0.959. The average Bonchev–Trinajstić information content (AvgIpc) is 2.56. The van der Waals surface area contributed by atoms with Gasteiger partial charge < -0.3 is 0 Å². The van der Waals surface area contributed by atoms with Crippen LogP contribution in [-0.4, -0.2) is 0 Å². The quantitative estimate of drug-likeness (QED) is 0.660. The Kier molecular flexibility index (Phi) is 3.77. The highest BCUT2D eigenvalue weighted by Gasteiger charge is 2.34. The molecule has 1 fully saturated rings. The lowest BCUT2D eigenvalue weighted by atomic mass is 9.85. The molecule has 0 aromatic heterocycles. The van der Waals surface area contributed by atoms with Crippen molar-refractivity contribution in [3.63, 3.8) is 0 Å². The minimum absolute atomic E-state index is 0.0556. The lowest BCUT2D eigenvalue weighted by Crippen LogP contribution is -2.13. The first-order valence-corrected chi connectivity index (χ1v) is 4.72. The van der Waals surface area contributed by atoms with Gasteiger partial charge in [-0.25, -0.2) is 0 Å². The second-order valence-corrected chi connectivity index (χ2v) is 3.54. The molecule has 0 aromatic carbocycles. The molecule has 68 valence electrons. The predicted molar refractivity (Wildman–Crippen MR) is 49.8 cm³/mol. The first-order chi connectivity index (χ1) is 6.33. The number of nitriles is 2. The minimum atomic E-state index is 0.0556. The van der Waals surface area contributed by atoms with E-state index in [0.29, 0.717) is 18.3 Å². The van der Waals surface area contributed by atoms with E-state index < -0.39 is 0 Å². The molecule has 0 amide bonds. The number of rotatable bonds is 3. The van der Waals surface area contributed by atoms with Gasteiger partial charge in [-0.2, -0.15) is 10.5 Å². The highest BCUT2D eigenvalue weighted by Crippen LogP contribution is 2.40. The van der Waals surface area contributed by atoms with Crippen LogP contribution < -0.4 is 0 Å². The molecule has 0 bridgehead atoms. The Hall–Kier alpha value is -1.02. The molecule has 1 aliphatic rings. The maximum absolute atomic E-state index is 8.86. The van der Waals surface area contributed by atoms with Crippen molar-refractivity contribution in [3.05, 3.63) is 13.3 Å². The standard InChI is InChI=1S/C11H14N2/c1-2-9-5-6-10(8-13)11(9)4-3-7-12/h6,9-11H,1-5H2. The lowest BCUT2D eigenvalue weighted by molar-refractivity contribution is 0.336. The fraction of sp³-hybridized carbons (Fsp3) is 0.636. The van der Waals surface area contributed by atoms with E-state index in [1.807, 2.05) is 0 Å². The van der Waals surface area contributed by atoms with E-state index >= 15 is 0 Å². The Labute approximate surface area is 80.2 Å². The number of nitrogens with zero attached hydrogens (tertiary/aromatic N) is 2. The van der Waals surface area contributed by atoms with E-state index in [1.54, 1.807) is 0 Å². The molecular weight excluding hydrogens is 160 g/mol. The first-order valence-electron chi connectivity index (χ1n) is 4.72. The van der Waals surface area contributed by atoms with E-state index in [-0.39, 0.29) is 5.92 Å². The summed E-state index contributed by atoms with van der Waals surface area (Å²) in [7, 11) is 0. The summed E-state index contributed by atoms with van der Waals surface area (Å²) in [6, 6.07) is 4.43. The highest BCUT2D eigenvalue weighted by atomic mass is 14.4. The van der Waals surface area contributed by atoms with E-state index in [0.717, 1.165) is 19.3 Å². The van der Waals surface area contributed by atoms with Gasteiger partial charge in [0.05, 0.1) is 18.1 Å². The molecule has 2 nitrogen and oxygen atoms in total. The van der Waals surface area contributed by atoms with Crippen molar-refractivity contribution in [3.8, 4) is 12.1 Å². The van der Waals surface area contributed by atoms with Crippen molar-refractivity contribution in [2.75, 3.05) is 0 Å². The van der Waals surface area contributed by atoms with Crippen LogP contribution in [0.1, 0.15) is 25.7 Å². The molecule has 13 heavy (non-hydrogen) atoms. The average molecular weight is 174 g/mol. The van der Waals surface area contributed by atoms with E-state index in [4.69, 9.17) is 10.5 Å². The SMILES string of the molecule is [CH2]CC1C[CH]C(C#N)C1CCC#N. The topological polar surface area (TPSA) is 47.6 Å². The molecule has 2 radical (unpaired) electrons. The maximum atomic E-state index is 8.86. The van der Waals surface area contributed by atoms with Gasteiger partial charge in [-0.1, -0.05) is 13.3 Å². The number of hydrogen-bond donors (Lipinski definition) is 0. The molecule has 0 saturated heterocycles. The van der Waals surface area contributed by atoms with Crippen LogP contribution in [0, 0.1) is 53.8 Å². The van der Waals surface area contributed by atoms with Gasteiger partial charge >= 0.3 is 0 Å². The van der Waals surface area contributed by atoms with Crippen LogP contribution in [0.15, 0.2) is 0 Å². The third-order valence-corrected chi connectivity index (χ3v) is 2.87. The predicted octanol–water partition coefficient (Wildman–Crippen LogP) is 2.49. The van der Waals surface area contributed by atoms with E-state index in [9.17, 15) is 0 Å². The minimum Gasteiger partial charge on any atom is -0.198 e. The van der Waals surface area contributed by atoms with Gasteiger partial charge in [0.25, 0.3) is 0 Å². The second-order valence-electron chi connectivity index (χ2n) is 3.54. The maximum Gasteiger partial charge on any atom is 0.0661 e. The summed E-state index contributed by atoms with van der Waals surface area (Å²) in [4.78, 5) is 0. The lowest BCUT2D eigenvalue weighted by Gasteiger charge is -2.18. The van der Waals surface area contributed by atoms with Crippen LogP contribution in [0.25, 0.3) is 0 Å². The summed E-state index contributed by atoms with van der Waals surface area (Å²) in [5.41, 5.74) is 0. The van der Waals surface area contributed by atoms with Crippen LogP contribution in [0.4, 0.5) is 0 Å². The molecule has 0 N–H and O–H groups in total. The Morgan fingerprint density at radius 1 is 1.46 bits per heavy atom. The Morgan fingerprint density at radius 3 is 2.77 bits per heavy atom. The molecule has 0 aromatic rings. The summed E-state index contributed by atoms with van der Waals surface area (Å²) >= 11 is 0. The molecule has 3 unspecified atom stereocenters. The van der Waals surface area contributed by atoms with Gasteiger partial charge in [0.15, 0.2) is 0 Å². The van der Waals surface area contributed by atoms with E-state index in [2.05, 4.69) is 25.5 Å². The Balaban J connectivity index is 2.53. The molecule has 1 saturated carbocycles. The van der Waals surface area contributed by atoms with E-state index in [1.165, 1.54) is 0 Å². The van der Waals surface area contributed by atoms with Gasteiger partial charge in [0, 0.05) is 6.42 Å². The van der Waals surface area contributed by atoms with Crippen LogP contribution in [0.3, 0.4) is 0 Å². The summed E-state index contributed by atoms with van der Waals surface area (Å²) in [5, 5.41) is 17.4. The molecule has 0 spiro atoms. The van der Waals surface area contributed by atoms with Gasteiger partial charge in [-0.05, 0) is 31.1 Å². The summed E-state index contributed by atoms with van der Waals surface area (Å²) < 4.78 is 0. The largest absolute Gasteiger partial charge is 0.198 e. The van der Waals surface area contributed by atoms with Gasteiger partial charge in [0.2, 0.25) is 0 Å². The molecule has 2 heteroatoms. The van der Waals surface area contributed by atoms with Crippen molar-refractivity contribution in [2.24, 2.45) is 17.8 Å². The van der Waals surface area contributed by atoms with Gasteiger partial charge in [-0.15, -0.1) is 0 Å². The molecule has 1 aliphatic carbocycles. The van der Waals surface area contributed by atoms with Crippen molar-refractivity contribution in [2.45, 2.75) is 25.7 Å². The zero-order chi connectivity index (χ0) is 9.68. The second kappa shape index (κ2) is 4.87. The third-order valence-electron chi connectivity index (χ3n) is 2.87. The Morgan fingerprint density at radius 2 is 2.23 bits per heavy atom. The summed E-state index contributed by atoms with van der Waals surface area (Å²) in [6.45, 7) is 3.88. The van der Waals surface area contributed by atoms with Crippen LogP contribution in [0.2, 0.25) is 0 Å².